The van der Waals surface area contributed by atoms with Gasteiger partial charge in [-0.15, -0.1) is 0 Å². The summed E-state index contributed by atoms with van der Waals surface area (Å²) in [6.07, 6.45) is 5.37. The Balaban J connectivity index is 2.29. The first-order valence-corrected chi connectivity index (χ1v) is 7.76. The van der Waals surface area contributed by atoms with E-state index in [-0.39, 0.29) is 0 Å². The number of hydrogen-bond acceptors (Lipinski definition) is 3. The molecular formula is C16H22ClN3. The second-order valence-electron chi connectivity index (χ2n) is 5.51. The van der Waals surface area contributed by atoms with Gasteiger partial charge in [-0.2, -0.15) is 5.26 Å². The number of hydrogen-bond donors (Lipinski definition) is 1. The van der Waals surface area contributed by atoms with Crippen molar-refractivity contribution >= 4 is 17.3 Å². The Morgan fingerprint density at radius 2 is 2.05 bits per heavy atom. The van der Waals surface area contributed by atoms with Gasteiger partial charge >= 0.3 is 0 Å². The number of anilines is 1. The van der Waals surface area contributed by atoms with Gasteiger partial charge in [0.05, 0.1) is 16.3 Å². The third-order valence-electron chi connectivity index (χ3n) is 4.06. The number of benzene rings is 1. The maximum absolute atomic E-state index is 9.38. The number of halogens is 1. The molecule has 20 heavy (non-hydrogen) atoms. The van der Waals surface area contributed by atoms with Crippen LogP contribution in [-0.4, -0.2) is 18.6 Å². The largest absolute Gasteiger partial charge is 0.367 e. The smallest absolute Gasteiger partial charge is 0.103 e. The van der Waals surface area contributed by atoms with Crippen LogP contribution < -0.4 is 10.6 Å². The molecule has 0 unspecified atom stereocenters. The zero-order valence-electron chi connectivity index (χ0n) is 12.0. The first kappa shape index (κ1) is 15.2. The molecule has 1 aromatic carbocycles. The molecule has 108 valence electrons. The van der Waals surface area contributed by atoms with Crippen molar-refractivity contribution in [2.45, 2.75) is 51.1 Å². The summed E-state index contributed by atoms with van der Waals surface area (Å²) < 4.78 is 0. The van der Waals surface area contributed by atoms with Crippen molar-refractivity contribution < 1.29 is 0 Å². The van der Waals surface area contributed by atoms with E-state index >= 15 is 0 Å². The molecule has 0 aromatic heterocycles. The third-order valence-corrected chi connectivity index (χ3v) is 4.37. The quantitative estimate of drug-likeness (QED) is 0.920. The molecule has 0 radical (unpaired) electrons. The summed E-state index contributed by atoms with van der Waals surface area (Å²) >= 11 is 6.17. The number of rotatable bonds is 4. The molecule has 0 spiro atoms. The standard InChI is InChI=1S/C16H22ClN3/c1-2-10-20(13-8-6-12(19)7-9-13)16-5-3-4-15(17)14(16)11-18/h3-5,12-13H,2,6-10,19H2,1H3. The number of nitrogens with zero attached hydrogens (tertiary/aromatic N) is 2. The molecule has 2 rings (SSSR count). The molecule has 4 heteroatoms. The monoisotopic (exact) mass is 291 g/mol. The lowest BCUT2D eigenvalue weighted by Gasteiger charge is -2.38. The first-order valence-electron chi connectivity index (χ1n) is 7.38. The average Bonchev–Trinajstić information content (AvgIpc) is 2.46. The number of nitriles is 1. The van der Waals surface area contributed by atoms with Gasteiger partial charge in [0.15, 0.2) is 0 Å². The third kappa shape index (κ3) is 3.26. The Labute approximate surface area is 126 Å². The van der Waals surface area contributed by atoms with Crippen molar-refractivity contribution in [1.82, 2.24) is 0 Å². The maximum Gasteiger partial charge on any atom is 0.103 e. The van der Waals surface area contributed by atoms with Gasteiger partial charge in [-0.3, -0.25) is 0 Å². The minimum Gasteiger partial charge on any atom is -0.367 e. The van der Waals surface area contributed by atoms with Crippen molar-refractivity contribution in [3.63, 3.8) is 0 Å². The normalized spacial score (nSPS) is 22.3. The molecule has 1 fully saturated rings. The van der Waals surface area contributed by atoms with E-state index < -0.39 is 0 Å². The maximum atomic E-state index is 9.38. The summed E-state index contributed by atoms with van der Waals surface area (Å²) in [6.45, 7) is 3.12. The fourth-order valence-corrected chi connectivity index (χ4v) is 3.23. The summed E-state index contributed by atoms with van der Waals surface area (Å²) in [4.78, 5) is 2.36. The van der Waals surface area contributed by atoms with Crippen molar-refractivity contribution in [3.8, 4) is 6.07 Å². The summed E-state index contributed by atoms with van der Waals surface area (Å²) in [5, 5.41) is 9.92. The molecule has 1 aliphatic carbocycles. The predicted molar refractivity (Wildman–Crippen MR) is 84.0 cm³/mol. The topological polar surface area (TPSA) is 53.0 Å². The van der Waals surface area contributed by atoms with E-state index in [9.17, 15) is 5.26 Å². The van der Waals surface area contributed by atoms with Gasteiger partial charge in [0.2, 0.25) is 0 Å². The van der Waals surface area contributed by atoms with E-state index in [1.165, 1.54) is 0 Å². The molecule has 0 heterocycles. The average molecular weight is 292 g/mol. The summed E-state index contributed by atoms with van der Waals surface area (Å²) in [5.41, 5.74) is 7.57. The first-order chi connectivity index (χ1) is 9.67. The molecule has 0 atom stereocenters. The fourth-order valence-electron chi connectivity index (χ4n) is 3.02. The van der Waals surface area contributed by atoms with Crippen LogP contribution in [0.4, 0.5) is 5.69 Å². The molecular weight excluding hydrogens is 270 g/mol. The minimum absolute atomic E-state index is 0.338. The van der Waals surface area contributed by atoms with Crippen LogP contribution in [0.25, 0.3) is 0 Å². The van der Waals surface area contributed by atoms with Gasteiger partial charge < -0.3 is 10.6 Å². The molecule has 0 aliphatic heterocycles. The van der Waals surface area contributed by atoms with Gasteiger partial charge in [-0.05, 0) is 44.2 Å². The SMILES string of the molecule is CCCN(c1cccc(Cl)c1C#N)C1CCC(N)CC1. The van der Waals surface area contributed by atoms with Crippen molar-refractivity contribution in [2.24, 2.45) is 5.73 Å². The summed E-state index contributed by atoms with van der Waals surface area (Å²) in [5.74, 6) is 0. The van der Waals surface area contributed by atoms with Crippen LogP contribution in [0.5, 0.6) is 0 Å². The minimum atomic E-state index is 0.338. The van der Waals surface area contributed by atoms with E-state index in [1.807, 2.05) is 12.1 Å². The lowest BCUT2D eigenvalue weighted by atomic mass is 9.90. The second kappa shape index (κ2) is 6.97. The Hall–Kier alpha value is -1.24. The van der Waals surface area contributed by atoms with Crippen molar-refractivity contribution in [1.29, 1.82) is 5.26 Å². The molecule has 1 aromatic rings. The molecule has 0 bridgehead atoms. The molecule has 0 saturated heterocycles. The lowest BCUT2D eigenvalue weighted by molar-refractivity contribution is 0.375. The van der Waals surface area contributed by atoms with E-state index in [0.717, 1.165) is 44.3 Å². The van der Waals surface area contributed by atoms with Gasteiger partial charge in [-0.25, -0.2) is 0 Å². The Morgan fingerprint density at radius 1 is 1.35 bits per heavy atom. The zero-order valence-corrected chi connectivity index (χ0v) is 12.7. The molecule has 2 N–H and O–H groups in total. The van der Waals surface area contributed by atoms with Crippen molar-refractivity contribution in [2.75, 3.05) is 11.4 Å². The molecule has 1 saturated carbocycles. The van der Waals surface area contributed by atoms with Crippen molar-refractivity contribution in [3.05, 3.63) is 28.8 Å². The highest BCUT2D eigenvalue weighted by Gasteiger charge is 2.26. The van der Waals surface area contributed by atoms with E-state index in [2.05, 4.69) is 17.9 Å². The molecule has 1 aliphatic rings. The van der Waals surface area contributed by atoms with Crippen LogP contribution in [0.1, 0.15) is 44.6 Å². The highest BCUT2D eigenvalue weighted by Crippen LogP contribution is 2.32. The summed E-state index contributed by atoms with van der Waals surface area (Å²) in [7, 11) is 0. The van der Waals surface area contributed by atoms with Gasteiger partial charge in [-0.1, -0.05) is 24.6 Å². The van der Waals surface area contributed by atoms with E-state index in [4.69, 9.17) is 17.3 Å². The molecule has 0 amide bonds. The van der Waals surface area contributed by atoms with Crippen LogP contribution in [0.2, 0.25) is 5.02 Å². The van der Waals surface area contributed by atoms with Crippen LogP contribution in [0.15, 0.2) is 18.2 Å². The summed E-state index contributed by atoms with van der Waals surface area (Å²) in [6, 6.07) is 8.78. The highest BCUT2D eigenvalue weighted by molar-refractivity contribution is 6.32. The zero-order chi connectivity index (χ0) is 14.5. The Morgan fingerprint density at radius 3 is 2.65 bits per heavy atom. The second-order valence-corrected chi connectivity index (χ2v) is 5.91. The van der Waals surface area contributed by atoms with Crippen LogP contribution in [-0.2, 0) is 0 Å². The highest BCUT2D eigenvalue weighted by atomic mass is 35.5. The van der Waals surface area contributed by atoms with E-state index in [1.54, 1.807) is 6.07 Å². The number of nitrogens with two attached hydrogens (primary N) is 1. The van der Waals surface area contributed by atoms with Gasteiger partial charge in [0, 0.05) is 18.6 Å². The van der Waals surface area contributed by atoms with Gasteiger partial charge in [0.25, 0.3) is 0 Å². The Kier molecular flexibility index (Phi) is 5.28. The van der Waals surface area contributed by atoms with Crippen LogP contribution in [0.3, 0.4) is 0 Å². The Bertz CT molecular complexity index is 487. The lowest BCUT2D eigenvalue weighted by Crippen LogP contribution is -2.41. The van der Waals surface area contributed by atoms with Crippen LogP contribution >= 0.6 is 11.6 Å². The molecule has 3 nitrogen and oxygen atoms in total. The fraction of sp³-hybridized carbons (Fsp3) is 0.562. The predicted octanol–water partition coefficient (Wildman–Crippen LogP) is 3.70. The van der Waals surface area contributed by atoms with Crippen LogP contribution in [0, 0.1) is 11.3 Å². The van der Waals surface area contributed by atoms with Gasteiger partial charge in [0.1, 0.15) is 6.07 Å². The van der Waals surface area contributed by atoms with E-state index in [0.29, 0.717) is 22.7 Å².